The Labute approximate surface area is 157 Å². The second-order valence-corrected chi connectivity index (χ2v) is 7.22. The molecule has 25 heavy (non-hydrogen) atoms. The van der Waals surface area contributed by atoms with Crippen molar-refractivity contribution in [2.45, 2.75) is 31.4 Å². The second-order valence-electron chi connectivity index (χ2n) is 5.87. The number of aryl methyl sites for hydroxylation is 2. The normalized spacial score (nSPS) is 10.9. The Bertz CT molecular complexity index is 879. The van der Waals surface area contributed by atoms with E-state index in [1.807, 2.05) is 36.7 Å². The number of rotatable bonds is 6. The molecule has 0 aliphatic heterocycles. The minimum absolute atomic E-state index is 0.371. The lowest BCUT2D eigenvalue weighted by molar-refractivity contribution is 0.290. The van der Waals surface area contributed by atoms with Gasteiger partial charge in [-0.3, -0.25) is 0 Å². The molecule has 4 nitrogen and oxygen atoms in total. The van der Waals surface area contributed by atoms with Gasteiger partial charge in [0.2, 0.25) is 0 Å². The SMILES string of the molecule is Cc1cc(OCc2nnc(SCc3ccccc3C)n2C)ccc1Cl. The van der Waals surface area contributed by atoms with Gasteiger partial charge in [-0.2, -0.15) is 0 Å². The average molecular weight is 374 g/mol. The highest BCUT2D eigenvalue weighted by Crippen LogP contribution is 2.24. The molecule has 0 amide bonds. The summed E-state index contributed by atoms with van der Waals surface area (Å²) < 4.78 is 7.79. The first kappa shape index (κ1) is 17.8. The molecular formula is C19H20ClN3OS. The number of ether oxygens (including phenoxy) is 1. The predicted molar refractivity (Wildman–Crippen MR) is 102 cm³/mol. The Balaban J connectivity index is 1.62. The van der Waals surface area contributed by atoms with Crippen LogP contribution < -0.4 is 4.74 Å². The lowest BCUT2D eigenvalue weighted by Crippen LogP contribution is -2.04. The first-order valence-corrected chi connectivity index (χ1v) is 9.35. The number of aromatic nitrogens is 3. The van der Waals surface area contributed by atoms with Crippen LogP contribution in [0.2, 0.25) is 5.02 Å². The molecule has 2 aromatic carbocycles. The number of hydrogen-bond acceptors (Lipinski definition) is 4. The van der Waals surface area contributed by atoms with Crippen LogP contribution in [0.25, 0.3) is 0 Å². The molecular weight excluding hydrogens is 354 g/mol. The molecule has 0 fully saturated rings. The van der Waals surface area contributed by atoms with Crippen molar-refractivity contribution in [3.05, 3.63) is 70.0 Å². The van der Waals surface area contributed by atoms with Crippen LogP contribution in [0.3, 0.4) is 0 Å². The van der Waals surface area contributed by atoms with Crippen molar-refractivity contribution in [2.24, 2.45) is 7.05 Å². The fraction of sp³-hybridized carbons (Fsp3) is 0.263. The fourth-order valence-corrected chi connectivity index (χ4v) is 3.49. The van der Waals surface area contributed by atoms with E-state index in [9.17, 15) is 0 Å². The molecule has 0 bridgehead atoms. The predicted octanol–water partition coefficient (Wildman–Crippen LogP) is 4.96. The maximum atomic E-state index is 6.04. The van der Waals surface area contributed by atoms with Gasteiger partial charge in [0.05, 0.1) is 0 Å². The van der Waals surface area contributed by atoms with Gasteiger partial charge in [-0.25, -0.2) is 0 Å². The molecule has 130 valence electrons. The summed E-state index contributed by atoms with van der Waals surface area (Å²) >= 11 is 7.72. The summed E-state index contributed by atoms with van der Waals surface area (Å²) in [6.07, 6.45) is 0. The zero-order valence-corrected chi connectivity index (χ0v) is 16.1. The van der Waals surface area contributed by atoms with Crippen molar-refractivity contribution in [1.82, 2.24) is 14.8 Å². The summed E-state index contributed by atoms with van der Waals surface area (Å²) in [5.41, 5.74) is 3.59. The Kier molecular flexibility index (Phi) is 5.66. The molecule has 0 saturated heterocycles. The van der Waals surface area contributed by atoms with Crippen LogP contribution in [0.1, 0.15) is 22.5 Å². The lowest BCUT2D eigenvalue weighted by atomic mass is 10.1. The molecule has 1 aromatic heterocycles. The van der Waals surface area contributed by atoms with E-state index in [4.69, 9.17) is 16.3 Å². The minimum Gasteiger partial charge on any atom is -0.486 e. The van der Waals surface area contributed by atoms with Crippen molar-refractivity contribution in [3.63, 3.8) is 0 Å². The molecule has 0 aliphatic rings. The van der Waals surface area contributed by atoms with Crippen molar-refractivity contribution in [2.75, 3.05) is 0 Å². The van der Waals surface area contributed by atoms with Crippen LogP contribution >= 0.6 is 23.4 Å². The number of benzene rings is 2. The van der Waals surface area contributed by atoms with E-state index < -0.39 is 0 Å². The van der Waals surface area contributed by atoms with E-state index in [1.165, 1.54) is 11.1 Å². The summed E-state index contributed by atoms with van der Waals surface area (Å²) in [4.78, 5) is 0. The summed E-state index contributed by atoms with van der Waals surface area (Å²) in [7, 11) is 1.96. The van der Waals surface area contributed by atoms with Crippen LogP contribution in [0.5, 0.6) is 5.75 Å². The van der Waals surface area contributed by atoms with Crippen LogP contribution in [0.4, 0.5) is 0 Å². The topological polar surface area (TPSA) is 39.9 Å². The zero-order valence-electron chi connectivity index (χ0n) is 14.5. The van der Waals surface area contributed by atoms with Crippen LogP contribution in [0.15, 0.2) is 47.6 Å². The summed E-state index contributed by atoms with van der Waals surface area (Å²) in [5, 5.41) is 10.1. The summed E-state index contributed by atoms with van der Waals surface area (Å²) in [6.45, 7) is 4.45. The Morgan fingerprint density at radius 3 is 2.64 bits per heavy atom. The third kappa shape index (κ3) is 4.35. The quantitative estimate of drug-likeness (QED) is 0.573. The molecule has 0 saturated carbocycles. The number of thioether (sulfide) groups is 1. The van der Waals surface area contributed by atoms with Crippen LogP contribution in [0, 0.1) is 13.8 Å². The van der Waals surface area contributed by atoms with E-state index >= 15 is 0 Å². The second kappa shape index (κ2) is 7.93. The maximum Gasteiger partial charge on any atom is 0.191 e. The van der Waals surface area contributed by atoms with Crippen LogP contribution in [-0.2, 0) is 19.4 Å². The van der Waals surface area contributed by atoms with Gasteiger partial charge >= 0.3 is 0 Å². The smallest absolute Gasteiger partial charge is 0.191 e. The van der Waals surface area contributed by atoms with Gasteiger partial charge < -0.3 is 9.30 Å². The molecule has 3 rings (SSSR count). The molecule has 0 N–H and O–H groups in total. The van der Waals surface area contributed by atoms with E-state index in [0.717, 1.165) is 33.1 Å². The van der Waals surface area contributed by atoms with Gasteiger partial charge in [0.1, 0.15) is 12.4 Å². The maximum absolute atomic E-state index is 6.04. The summed E-state index contributed by atoms with van der Waals surface area (Å²) in [6, 6.07) is 14.0. The van der Waals surface area contributed by atoms with Gasteiger partial charge in [-0.15, -0.1) is 10.2 Å². The molecule has 0 spiro atoms. The van der Waals surface area contributed by atoms with Gasteiger partial charge in [-0.05, 0) is 48.7 Å². The van der Waals surface area contributed by atoms with E-state index in [2.05, 4.69) is 41.4 Å². The third-order valence-electron chi connectivity index (χ3n) is 4.04. The third-order valence-corrected chi connectivity index (χ3v) is 5.53. The highest BCUT2D eigenvalue weighted by atomic mass is 35.5. The lowest BCUT2D eigenvalue weighted by Gasteiger charge is -2.08. The Hall–Kier alpha value is -1.98. The molecule has 0 unspecified atom stereocenters. The van der Waals surface area contributed by atoms with Crippen LogP contribution in [-0.4, -0.2) is 14.8 Å². The van der Waals surface area contributed by atoms with E-state index in [0.29, 0.717) is 6.61 Å². The molecule has 6 heteroatoms. The average Bonchev–Trinajstić information content (AvgIpc) is 2.95. The van der Waals surface area contributed by atoms with Crippen molar-refractivity contribution < 1.29 is 4.74 Å². The Morgan fingerprint density at radius 1 is 1.08 bits per heavy atom. The standard InChI is InChI=1S/C19H20ClN3OS/c1-13-6-4-5-7-15(13)12-25-19-22-21-18(23(19)3)11-24-16-8-9-17(20)14(2)10-16/h4-10H,11-12H2,1-3H3. The molecule has 0 radical (unpaired) electrons. The number of nitrogens with zero attached hydrogens (tertiary/aromatic N) is 3. The van der Waals surface area contributed by atoms with Crippen molar-refractivity contribution in [1.29, 1.82) is 0 Å². The highest BCUT2D eigenvalue weighted by Gasteiger charge is 2.11. The molecule has 3 aromatic rings. The monoisotopic (exact) mass is 373 g/mol. The summed E-state index contributed by atoms with van der Waals surface area (Å²) in [5.74, 6) is 2.44. The first-order valence-electron chi connectivity index (χ1n) is 7.99. The fourth-order valence-electron chi connectivity index (χ4n) is 2.37. The largest absolute Gasteiger partial charge is 0.486 e. The van der Waals surface area contributed by atoms with Crippen molar-refractivity contribution >= 4 is 23.4 Å². The minimum atomic E-state index is 0.371. The number of halogens is 1. The van der Waals surface area contributed by atoms with Crippen molar-refractivity contribution in [3.8, 4) is 5.75 Å². The first-order chi connectivity index (χ1) is 12.0. The molecule has 0 aliphatic carbocycles. The molecule has 0 atom stereocenters. The zero-order chi connectivity index (χ0) is 17.8. The van der Waals surface area contributed by atoms with E-state index in [-0.39, 0.29) is 0 Å². The van der Waals surface area contributed by atoms with Gasteiger partial charge in [0.25, 0.3) is 0 Å². The molecule has 1 heterocycles. The number of hydrogen-bond donors (Lipinski definition) is 0. The van der Waals surface area contributed by atoms with Gasteiger partial charge in [0.15, 0.2) is 11.0 Å². The highest BCUT2D eigenvalue weighted by molar-refractivity contribution is 7.98. The van der Waals surface area contributed by atoms with E-state index in [1.54, 1.807) is 11.8 Å². The Morgan fingerprint density at radius 2 is 1.88 bits per heavy atom. The van der Waals surface area contributed by atoms with Gasteiger partial charge in [0, 0.05) is 17.8 Å². The van der Waals surface area contributed by atoms with Gasteiger partial charge in [-0.1, -0.05) is 47.6 Å².